The second-order valence-corrected chi connectivity index (χ2v) is 6.10. The van der Waals surface area contributed by atoms with E-state index >= 15 is 0 Å². The van der Waals surface area contributed by atoms with E-state index in [1.807, 2.05) is 13.0 Å². The fourth-order valence-electron chi connectivity index (χ4n) is 2.68. The van der Waals surface area contributed by atoms with Crippen LogP contribution in [0, 0.1) is 6.92 Å². The van der Waals surface area contributed by atoms with Crippen LogP contribution < -0.4 is 10.6 Å². The molecular formula is C15H18N4OS. The molecule has 110 valence electrons. The molecule has 5 nitrogen and oxygen atoms in total. The number of fused-ring (bicyclic) bond motifs is 1. The van der Waals surface area contributed by atoms with Gasteiger partial charge in [0, 0.05) is 17.9 Å². The van der Waals surface area contributed by atoms with Gasteiger partial charge in [0.1, 0.15) is 4.88 Å². The highest BCUT2D eigenvalue weighted by Crippen LogP contribution is 2.33. The van der Waals surface area contributed by atoms with Crippen LogP contribution in [-0.4, -0.2) is 22.0 Å². The topological polar surface area (TPSA) is 72.1 Å². The Morgan fingerprint density at radius 2 is 2.29 bits per heavy atom. The third-order valence-corrected chi connectivity index (χ3v) is 4.60. The average Bonchev–Trinajstić information content (AvgIpc) is 3.06. The fraction of sp³-hybridized carbons (Fsp3) is 0.400. The summed E-state index contributed by atoms with van der Waals surface area (Å²) in [5.74, 6) is -0.00421. The van der Waals surface area contributed by atoms with Crippen molar-refractivity contribution in [1.29, 1.82) is 0 Å². The zero-order valence-corrected chi connectivity index (χ0v) is 13.0. The molecule has 2 heterocycles. The summed E-state index contributed by atoms with van der Waals surface area (Å²) >= 11 is 1.18. The number of nitrogen functional groups attached to an aromatic ring is 1. The molecule has 0 unspecified atom stereocenters. The highest BCUT2D eigenvalue weighted by atomic mass is 32.1. The lowest BCUT2D eigenvalue weighted by Gasteiger charge is -2.17. The van der Waals surface area contributed by atoms with Crippen LogP contribution in [-0.2, 0) is 12.8 Å². The van der Waals surface area contributed by atoms with Crippen LogP contribution in [0.5, 0.6) is 0 Å². The monoisotopic (exact) mass is 302 g/mol. The Hall–Kier alpha value is -1.95. The first kappa shape index (κ1) is 14.0. The number of anilines is 2. The molecule has 0 saturated heterocycles. The van der Waals surface area contributed by atoms with Gasteiger partial charge in [-0.15, -0.1) is 5.10 Å². The van der Waals surface area contributed by atoms with Crippen molar-refractivity contribution in [2.45, 2.75) is 33.1 Å². The van der Waals surface area contributed by atoms with E-state index in [1.54, 1.807) is 4.90 Å². The van der Waals surface area contributed by atoms with E-state index in [4.69, 9.17) is 5.73 Å². The number of hydrogen-bond donors (Lipinski definition) is 1. The van der Waals surface area contributed by atoms with Crippen LogP contribution in [0.3, 0.4) is 0 Å². The lowest BCUT2D eigenvalue weighted by molar-refractivity contribution is 0.0992. The molecule has 0 spiro atoms. The Bertz CT molecular complexity index is 695. The van der Waals surface area contributed by atoms with Crippen molar-refractivity contribution in [2.75, 3.05) is 17.2 Å². The molecule has 21 heavy (non-hydrogen) atoms. The molecule has 0 atom stereocenters. The third kappa shape index (κ3) is 2.40. The van der Waals surface area contributed by atoms with Crippen molar-refractivity contribution < 1.29 is 4.79 Å². The van der Waals surface area contributed by atoms with Gasteiger partial charge in [-0.25, -0.2) is 0 Å². The maximum Gasteiger partial charge on any atom is 0.271 e. The van der Waals surface area contributed by atoms with Crippen LogP contribution in [0.15, 0.2) is 12.1 Å². The highest BCUT2D eigenvalue weighted by molar-refractivity contribution is 7.08. The lowest BCUT2D eigenvalue weighted by Crippen LogP contribution is -2.29. The number of benzene rings is 1. The smallest absolute Gasteiger partial charge is 0.271 e. The standard InChI is InChI=1S/C15H18N4OS/c1-3-4-12-14(21-18-17-12)15(20)19-6-5-10-7-9(2)11(16)8-13(10)19/h7-8H,3-6,16H2,1-2H3. The van der Waals surface area contributed by atoms with Gasteiger partial charge < -0.3 is 10.6 Å². The molecule has 2 aromatic rings. The average molecular weight is 302 g/mol. The summed E-state index contributed by atoms with van der Waals surface area (Å²) in [4.78, 5) is 15.2. The van der Waals surface area contributed by atoms with Gasteiger partial charge in [0.25, 0.3) is 5.91 Å². The first-order valence-electron chi connectivity index (χ1n) is 7.14. The molecule has 0 radical (unpaired) electrons. The molecule has 0 fully saturated rings. The maximum absolute atomic E-state index is 12.8. The number of amides is 1. The Morgan fingerprint density at radius 3 is 3.05 bits per heavy atom. The second-order valence-electron chi connectivity index (χ2n) is 5.34. The Morgan fingerprint density at radius 1 is 1.48 bits per heavy atom. The predicted octanol–water partition coefficient (Wildman–Crippen LogP) is 2.58. The zero-order valence-electron chi connectivity index (χ0n) is 12.2. The van der Waals surface area contributed by atoms with Crippen molar-refractivity contribution in [1.82, 2.24) is 9.59 Å². The van der Waals surface area contributed by atoms with Crippen molar-refractivity contribution in [2.24, 2.45) is 0 Å². The fourth-order valence-corrected chi connectivity index (χ4v) is 3.34. The molecule has 6 heteroatoms. The molecule has 0 aliphatic carbocycles. The molecule has 3 rings (SSSR count). The van der Waals surface area contributed by atoms with Gasteiger partial charge in [-0.2, -0.15) is 0 Å². The quantitative estimate of drug-likeness (QED) is 0.885. The molecule has 1 aromatic heterocycles. The summed E-state index contributed by atoms with van der Waals surface area (Å²) in [6.45, 7) is 4.76. The summed E-state index contributed by atoms with van der Waals surface area (Å²) in [5.41, 5.74) is 10.7. The number of carbonyl (C=O) groups is 1. The largest absolute Gasteiger partial charge is 0.398 e. The normalized spacial score (nSPS) is 13.5. The first-order chi connectivity index (χ1) is 10.1. The SMILES string of the molecule is CCCc1nnsc1C(=O)N1CCc2cc(C)c(N)cc21. The van der Waals surface area contributed by atoms with E-state index in [2.05, 4.69) is 22.6 Å². The lowest BCUT2D eigenvalue weighted by atomic mass is 10.1. The van der Waals surface area contributed by atoms with Crippen LogP contribution in [0.4, 0.5) is 11.4 Å². The summed E-state index contributed by atoms with van der Waals surface area (Å²) in [6, 6.07) is 3.99. The molecule has 0 saturated carbocycles. The third-order valence-electron chi connectivity index (χ3n) is 3.84. The minimum atomic E-state index is -0.00421. The van der Waals surface area contributed by atoms with Gasteiger partial charge >= 0.3 is 0 Å². The molecule has 1 aromatic carbocycles. The molecule has 0 bridgehead atoms. The van der Waals surface area contributed by atoms with Gasteiger partial charge in [0.15, 0.2) is 0 Å². The number of hydrogen-bond acceptors (Lipinski definition) is 5. The summed E-state index contributed by atoms with van der Waals surface area (Å²) < 4.78 is 3.94. The number of carbonyl (C=O) groups excluding carboxylic acids is 1. The van der Waals surface area contributed by atoms with Crippen LogP contribution in [0.2, 0.25) is 0 Å². The predicted molar refractivity (Wildman–Crippen MR) is 84.9 cm³/mol. The Balaban J connectivity index is 1.95. The van der Waals surface area contributed by atoms with Crippen LogP contribution in [0.1, 0.15) is 39.8 Å². The van der Waals surface area contributed by atoms with Crippen molar-refractivity contribution in [3.8, 4) is 0 Å². The van der Waals surface area contributed by atoms with Crippen molar-refractivity contribution in [3.63, 3.8) is 0 Å². The number of aryl methyl sites for hydroxylation is 2. The number of nitrogens with zero attached hydrogens (tertiary/aromatic N) is 3. The van der Waals surface area contributed by atoms with Gasteiger partial charge in [0.2, 0.25) is 0 Å². The number of rotatable bonds is 3. The Kier molecular flexibility index (Phi) is 3.63. The molecular weight excluding hydrogens is 284 g/mol. The zero-order chi connectivity index (χ0) is 15.0. The summed E-state index contributed by atoms with van der Waals surface area (Å²) in [5, 5.41) is 4.08. The van der Waals surface area contributed by atoms with Crippen LogP contribution in [0.25, 0.3) is 0 Å². The van der Waals surface area contributed by atoms with Gasteiger partial charge in [-0.3, -0.25) is 4.79 Å². The summed E-state index contributed by atoms with van der Waals surface area (Å²) in [7, 11) is 0. The molecule has 1 amide bonds. The van der Waals surface area contributed by atoms with Gasteiger partial charge in [-0.05, 0) is 48.5 Å². The van der Waals surface area contributed by atoms with E-state index < -0.39 is 0 Å². The highest BCUT2D eigenvalue weighted by Gasteiger charge is 2.29. The van der Waals surface area contributed by atoms with Gasteiger partial charge in [-0.1, -0.05) is 23.9 Å². The molecule has 1 aliphatic rings. The molecule has 1 aliphatic heterocycles. The van der Waals surface area contributed by atoms with E-state index in [-0.39, 0.29) is 5.91 Å². The first-order valence-corrected chi connectivity index (χ1v) is 7.91. The number of aromatic nitrogens is 2. The maximum atomic E-state index is 12.8. The van der Waals surface area contributed by atoms with Crippen LogP contribution >= 0.6 is 11.5 Å². The van der Waals surface area contributed by atoms with Crippen molar-refractivity contribution in [3.05, 3.63) is 33.8 Å². The molecule has 2 N–H and O–H groups in total. The second kappa shape index (κ2) is 5.44. The minimum Gasteiger partial charge on any atom is -0.398 e. The van der Waals surface area contributed by atoms with Gasteiger partial charge in [0.05, 0.1) is 5.69 Å². The number of nitrogens with two attached hydrogens (primary N) is 1. The van der Waals surface area contributed by atoms with E-state index in [1.165, 1.54) is 17.1 Å². The minimum absolute atomic E-state index is 0.00421. The van der Waals surface area contributed by atoms with E-state index in [0.29, 0.717) is 11.4 Å². The van der Waals surface area contributed by atoms with Crippen molar-refractivity contribution >= 4 is 28.8 Å². The van der Waals surface area contributed by atoms with E-state index in [9.17, 15) is 4.79 Å². The Labute approximate surface area is 127 Å². The van der Waals surface area contributed by atoms with E-state index in [0.717, 1.165) is 41.9 Å². The summed E-state index contributed by atoms with van der Waals surface area (Å²) in [6.07, 6.45) is 2.61.